The maximum absolute atomic E-state index is 5.37. The molecule has 0 saturated carbocycles. The zero-order valence-corrected chi connectivity index (χ0v) is 18.6. The summed E-state index contributed by atoms with van der Waals surface area (Å²) in [6.07, 6.45) is 0.843. The van der Waals surface area contributed by atoms with Crippen molar-refractivity contribution in [1.29, 1.82) is 0 Å². The number of rotatable bonds is 8. The molecule has 0 unspecified atom stereocenters. The van der Waals surface area contributed by atoms with Gasteiger partial charge in [-0.3, -0.25) is 4.99 Å². The Balaban J connectivity index is 0.00000364. The molecule has 0 heterocycles. The van der Waals surface area contributed by atoms with E-state index in [9.17, 15) is 0 Å². The summed E-state index contributed by atoms with van der Waals surface area (Å²) in [5.41, 5.74) is 2.24. The second kappa shape index (κ2) is 12.3. The van der Waals surface area contributed by atoms with Crippen molar-refractivity contribution in [3.63, 3.8) is 0 Å². The van der Waals surface area contributed by atoms with Crippen LogP contribution in [0.2, 0.25) is 0 Å². The standard InChI is InChI=1S/C20H27N3O3.HI/c1-21-20(23-14-16-7-5-6-8-17(16)24-2)22-12-11-15-9-10-18(25-3)19(13-15)26-4;/h5-10,13H,11-12,14H2,1-4H3,(H2,21,22,23);1H. The van der Waals surface area contributed by atoms with Gasteiger partial charge >= 0.3 is 0 Å². The highest BCUT2D eigenvalue weighted by Gasteiger charge is 2.06. The van der Waals surface area contributed by atoms with Gasteiger partial charge < -0.3 is 24.8 Å². The molecule has 0 aliphatic rings. The topological polar surface area (TPSA) is 64.1 Å². The van der Waals surface area contributed by atoms with E-state index in [1.54, 1.807) is 28.4 Å². The minimum absolute atomic E-state index is 0. The molecule has 0 spiro atoms. The monoisotopic (exact) mass is 485 g/mol. The number of para-hydroxylation sites is 1. The molecule has 7 heteroatoms. The predicted molar refractivity (Wildman–Crippen MR) is 120 cm³/mol. The van der Waals surface area contributed by atoms with Crippen molar-refractivity contribution in [2.75, 3.05) is 34.9 Å². The van der Waals surface area contributed by atoms with Gasteiger partial charge in [0.15, 0.2) is 17.5 Å². The fourth-order valence-electron chi connectivity index (χ4n) is 2.61. The lowest BCUT2D eigenvalue weighted by Crippen LogP contribution is -2.37. The normalized spacial score (nSPS) is 10.6. The van der Waals surface area contributed by atoms with Crippen molar-refractivity contribution in [2.24, 2.45) is 4.99 Å². The molecule has 0 aliphatic heterocycles. The molecule has 0 amide bonds. The van der Waals surface area contributed by atoms with Gasteiger partial charge in [0.25, 0.3) is 0 Å². The number of benzene rings is 2. The first kappa shape index (κ1) is 22.9. The van der Waals surface area contributed by atoms with Gasteiger partial charge in [-0.2, -0.15) is 0 Å². The Labute approximate surface area is 178 Å². The molecule has 6 nitrogen and oxygen atoms in total. The number of halogens is 1. The van der Waals surface area contributed by atoms with Gasteiger partial charge in [-0.05, 0) is 30.2 Å². The molecule has 0 bridgehead atoms. The summed E-state index contributed by atoms with van der Waals surface area (Å²) in [6, 6.07) is 13.9. The summed E-state index contributed by atoms with van der Waals surface area (Å²) in [6.45, 7) is 1.39. The molecule has 0 saturated heterocycles. The van der Waals surface area contributed by atoms with Crippen LogP contribution in [-0.4, -0.2) is 40.9 Å². The molecule has 2 aromatic carbocycles. The second-order valence-electron chi connectivity index (χ2n) is 5.60. The Kier molecular flexibility index (Phi) is 10.4. The van der Waals surface area contributed by atoms with Crippen LogP contribution in [0.5, 0.6) is 17.2 Å². The molecule has 2 N–H and O–H groups in total. The lowest BCUT2D eigenvalue weighted by Gasteiger charge is -2.14. The molecule has 27 heavy (non-hydrogen) atoms. The third kappa shape index (κ3) is 6.82. The highest BCUT2D eigenvalue weighted by Crippen LogP contribution is 2.27. The van der Waals surface area contributed by atoms with Crippen LogP contribution in [0.4, 0.5) is 0 Å². The van der Waals surface area contributed by atoms with Gasteiger partial charge in [0.05, 0.1) is 21.3 Å². The van der Waals surface area contributed by atoms with Crippen molar-refractivity contribution >= 4 is 29.9 Å². The summed E-state index contributed by atoms with van der Waals surface area (Å²) >= 11 is 0. The molecule has 2 rings (SSSR count). The third-order valence-corrected chi connectivity index (χ3v) is 4.02. The first-order valence-electron chi connectivity index (χ1n) is 8.49. The molecule has 0 atom stereocenters. The van der Waals surface area contributed by atoms with E-state index >= 15 is 0 Å². The number of methoxy groups -OCH3 is 3. The van der Waals surface area contributed by atoms with Gasteiger partial charge in [-0.1, -0.05) is 24.3 Å². The Bertz CT molecular complexity index is 738. The molecular formula is C20H28IN3O3. The zero-order valence-electron chi connectivity index (χ0n) is 16.2. The molecule has 0 aromatic heterocycles. The SMILES string of the molecule is CN=C(NCCc1ccc(OC)c(OC)c1)NCc1ccccc1OC.I. The van der Waals surface area contributed by atoms with Crippen LogP contribution in [0.15, 0.2) is 47.5 Å². The van der Waals surface area contributed by atoms with E-state index < -0.39 is 0 Å². The van der Waals surface area contributed by atoms with E-state index in [-0.39, 0.29) is 24.0 Å². The van der Waals surface area contributed by atoms with Crippen LogP contribution in [-0.2, 0) is 13.0 Å². The Morgan fingerprint density at radius 1 is 0.889 bits per heavy atom. The van der Waals surface area contributed by atoms with Gasteiger partial charge in [-0.25, -0.2) is 0 Å². The Morgan fingerprint density at radius 3 is 2.26 bits per heavy atom. The second-order valence-corrected chi connectivity index (χ2v) is 5.60. The van der Waals surface area contributed by atoms with E-state index in [1.807, 2.05) is 42.5 Å². The van der Waals surface area contributed by atoms with Crippen LogP contribution in [0.1, 0.15) is 11.1 Å². The van der Waals surface area contributed by atoms with Crippen LogP contribution < -0.4 is 24.8 Å². The van der Waals surface area contributed by atoms with Crippen molar-refractivity contribution in [2.45, 2.75) is 13.0 Å². The number of guanidine groups is 1. The summed E-state index contributed by atoms with van der Waals surface area (Å²) in [5.74, 6) is 3.08. The van der Waals surface area contributed by atoms with Crippen LogP contribution in [0.3, 0.4) is 0 Å². The average Bonchev–Trinajstić information content (AvgIpc) is 2.70. The molecular weight excluding hydrogens is 457 g/mol. The number of aliphatic imine (C=N–C) groups is 1. The zero-order chi connectivity index (χ0) is 18.8. The number of nitrogens with zero attached hydrogens (tertiary/aromatic N) is 1. The lowest BCUT2D eigenvalue weighted by molar-refractivity contribution is 0.354. The van der Waals surface area contributed by atoms with E-state index in [4.69, 9.17) is 14.2 Å². The maximum Gasteiger partial charge on any atom is 0.191 e. The van der Waals surface area contributed by atoms with Crippen LogP contribution >= 0.6 is 24.0 Å². The average molecular weight is 485 g/mol. The quantitative estimate of drug-likeness (QED) is 0.342. The van der Waals surface area contributed by atoms with Crippen molar-refractivity contribution in [3.05, 3.63) is 53.6 Å². The van der Waals surface area contributed by atoms with Crippen molar-refractivity contribution < 1.29 is 14.2 Å². The third-order valence-electron chi connectivity index (χ3n) is 4.02. The van der Waals surface area contributed by atoms with E-state index in [2.05, 4.69) is 15.6 Å². The van der Waals surface area contributed by atoms with Crippen molar-refractivity contribution in [3.8, 4) is 17.2 Å². The van der Waals surface area contributed by atoms with Gasteiger partial charge in [0.2, 0.25) is 0 Å². The molecule has 148 valence electrons. The van der Waals surface area contributed by atoms with Gasteiger partial charge in [0.1, 0.15) is 5.75 Å². The summed E-state index contributed by atoms with van der Waals surface area (Å²) in [5, 5.41) is 6.62. The number of hydrogen-bond donors (Lipinski definition) is 2. The van der Waals surface area contributed by atoms with Crippen LogP contribution in [0.25, 0.3) is 0 Å². The molecule has 0 aliphatic carbocycles. The Morgan fingerprint density at radius 2 is 1.59 bits per heavy atom. The maximum atomic E-state index is 5.37. The molecule has 2 aromatic rings. The van der Waals surface area contributed by atoms with Gasteiger partial charge in [0, 0.05) is 25.7 Å². The largest absolute Gasteiger partial charge is 0.496 e. The number of ether oxygens (including phenoxy) is 3. The van der Waals surface area contributed by atoms with E-state index in [1.165, 1.54) is 0 Å². The van der Waals surface area contributed by atoms with E-state index in [0.717, 1.165) is 47.3 Å². The molecule has 0 fully saturated rings. The highest BCUT2D eigenvalue weighted by molar-refractivity contribution is 14.0. The van der Waals surface area contributed by atoms with Crippen LogP contribution in [0, 0.1) is 0 Å². The Hall–Kier alpha value is -2.16. The summed E-state index contributed by atoms with van der Waals surface area (Å²) in [7, 11) is 6.71. The predicted octanol–water partition coefficient (Wildman–Crippen LogP) is 3.24. The van der Waals surface area contributed by atoms with E-state index in [0.29, 0.717) is 6.54 Å². The van der Waals surface area contributed by atoms with Gasteiger partial charge in [-0.15, -0.1) is 24.0 Å². The molecule has 0 radical (unpaired) electrons. The fraction of sp³-hybridized carbons (Fsp3) is 0.350. The first-order valence-corrected chi connectivity index (χ1v) is 8.49. The number of hydrogen-bond acceptors (Lipinski definition) is 4. The minimum atomic E-state index is 0. The summed E-state index contributed by atoms with van der Waals surface area (Å²) < 4.78 is 16.0. The summed E-state index contributed by atoms with van der Waals surface area (Å²) in [4.78, 5) is 4.26. The lowest BCUT2D eigenvalue weighted by atomic mass is 10.1. The first-order chi connectivity index (χ1) is 12.7. The minimum Gasteiger partial charge on any atom is -0.496 e. The number of nitrogens with one attached hydrogen (secondary N) is 2. The highest BCUT2D eigenvalue weighted by atomic mass is 127. The van der Waals surface area contributed by atoms with Crippen molar-refractivity contribution in [1.82, 2.24) is 10.6 Å². The fourth-order valence-corrected chi connectivity index (χ4v) is 2.61. The smallest absolute Gasteiger partial charge is 0.191 e.